The number of rotatable bonds is 5. The minimum atomic E-state index is -0.375. The summed E-state index contributed by atoms with van der Waals surface area (Å²) in [6.45, 7) is 15.3. The molecule has 2 saturated carbocycles. The Hall–Kier alpha value is -3.02. The van der Waals surface area contributed by atoms with Gasteiger partial charge in [-0.05, 0) is 135 Å². The molecule has 51 heavy (non-hydrogen) atoms. The van der Waals surface area contributed by atoms with E-state index in [4.69, 9.17) is 10.2 Å². The second-order valence-electron chi connectivity index (χ2n) is 16.7. The van der Waals surface area contributed by atoms with Gasteiger partial charge in [0.2, 0.25) is 0 Å². The van der Waals surface area contributed by atoms with E-state index >= 15 is 0 Å². The molecule has 2 N–H and O–H groups in total. The molecule has 3 aliphatic rings. The molecule has 2 fully saturated rings. The van der Waals surface area contributed by atoms with E-state index in [-0.39, 0.29) is 32.3 Å². The van der Waals surface area contributed by atoms with Crippen molar-refractivity contribution in [2.75, 3.05) is 11.9 Å². The maximum Gasteiger partial charge on any atom is 3.00 e. The van der Waals surface area contributed by atoms with Crippen molar-refractivity contribution in [3.8, 4) is 11.3 Å². The van der Waals surface area contributed by atoms with Gasteiger partial charge in [-0.3, -0.25) is 0 Å². The van der Waals surface area contributed by atoms with Crippen LogP contribution in [0, 0.1) is 35.0 Å². The van der Waals surface area contributed by atoms with Gasteiger partial charge < -0.3 is 25.0 Å². The van der Waals surface area contributed by atoms with Gasteiger partial charge in [-0.25, -0.2) is 0 Å². The first-order valence-corrected chi connectivity index (χ1v) is 18.5. The summed E-state index contributed by atoms with van der Waals surface area (Å²) in [5.74, 6) is 0.697. The first-order valence-electron chi connectivity index (χ1n) is 18.5. The van der Waals surface area contributed by atoms with E-state index in [1.165, 1.54) is 61.3 Å². The van der Waals surface area contributed by atoms with Gasteiger partial charge in [-0.1, -0.05) is 45.9 Å². The van der Waals surface area contributed by atoms with Gasteiger partial charge in [0, 0.05) is 6.20 Å². The summed E-state index contributed by atoms with van der Waals surface area (Å²) in [4.78, 5) is 8.70. The summed E-state index contributed by atoms with van der Waals surface area (Å²) >= 11 is 0. The zero-order valence-electron chi connectivity index (χ0n) is 31.7. The zero-order chi connectivity index (χ0) is 35.9. The van der Waals surface area contributed by atoms with Crippen LogP contribution in [-0.2, 0) is 20.1 Å². The first kappa shape index (κ1) is 40.7. The average Bonchev–Trinajstić information content (AvgIpc) is 3.50. The molecule has 2 unspecified atom stereocenters. The topological polar surface area (TPSA) is 59.8 Å². The predicted molar refractivity (Wildman–Crippen MR) is 208 cm³/mol. The number of fused-ring (bicyclic) bond motifs is 1. The number of benzene rings is 3. The fourth-order valence-electron chi connectivity index (χ4n) is 9.27. The van der Waals surface area contributed by atoms with Crippen molar-refractivity contribution < 1.29 is 30.3 Å². The van der Waals surface area contributed by atoms with E-state index in [1.54, 1.807) is 13.8 Å². The summed E-state index contributed by atoms with van der Waals surface area (Å²) in [7, 11) is 2.00. The molecule has 4 aromatic rings. The first-order chi connectivity index (χ1) is 23.7. The van der Waals surface area contributed by atoms with Gasteiger partial charge in [-0.15, -0.1) is 41.6 Å². The van der Waals surface area contributed by atoms with Crippen LogP contribution >= 0.6 is 0 Å². The second kappa shape index (κ2) is 17.7. The molecule has 2 aliphatic carbocycles. The third-order valence-corrected chi connectivity index (χ3v) is 10.4. The van der Waals surface area contributed by atoms with Crippen LogP contribution in [-0.4, -0.2) is 39.4 Å². The number of nitrogens with zero attached hydrogens (tertiary/aromatic N) is 3. The number of aliphatic hydroxyl groups is 2. The molecule has 0 saturated heterocycles. The summed E-state index contributed by atoms with van der Waals surface area (Å²) in [6, 6.07) is 31.8. The summed E-state index contributed by atoms with van der Waals surface area (Å²) in [5.41, 5.74) is 6.23. The number of aliphatic hydroxyl groups excluding tert-OH is 2. The van der Waals surface area contributed by atoms with Crippen LogP contribution in [0.2, 0.25) is 0 Å². The molecule has 7 rings (SSSR count). The smallest absolute Gasteiger partial charge is 0.510 e. The summed E-state index contributed by atoms with van der Waals surface area (Å²) < 4.78 is 0. The largest absolute Gasteiger partial charge is 3.00 e. The Kier molecular flexibility index (Phi) is 14.1. The Morgan fingerprint density at radius 2 is 1.49 bits per heavy atom. The minimum absolute atomic E-state index is 0. The van der Waals surface area contributed by atoms with Crippen LogP contribution in [0.4, 0.5) is 5.69 Å². The van der Waals surface area contributed by atoms with Gasteiger partial charge in [0.25, 0.3) is 0 Å². The van der Waals surface area contributed by atoms with E-state index in [9.17, 15) is 0 Å². The molecular formula is C45H58IrN3O2. The number of aromatic nitrogens is 1. The number of anilines is 1. The molecule has 0 amide bonds. The van der Waals surface area contributed by atoms with Crippen molar-refractivity contribution in [2.45, 2.75) is 111 Å². The van der Waals surface area contributed by atoms with Gasteiger partial charge in [0.05, 0.1) is 12.2 Å². The molecule has 2 heterocycles. The van der Waals surface area contributed by atoms with E-state index in [2.05, 4.69) is 81.2 Å². The van der Waals surface area contributed by atoms with Crippen LogP contribution < -0.4 is 4.90 Å². The molecule has 1 aliphatic heterocycles. The quantitative estimate of drug-likeness (QED) is 0.196. The standard InChI is InChI=1S/C30H36N.C10H10N2.C5H12O2.Ir/c1-28(2)19-29(3,4)21-30(20-28)15-12-22(13-16-30)24-10-11-26-25(18-24)14-17-31-27(26)23-8-6-5-7-9-23;1-11-7-8-12(9-11)10-5-3-2-4-6-10;1-4(6)3-5(2)7;/h5-8,10-11,14,17-18,22H,12-13,15-16,19-21H2,1-4H3;2-5,7-9H,1H3;4-7H,3H2,1-2H3;/q-1;-2;;+3. The van der Waals surface area contributed by atoms with Crippen molar-refractivity contribution in [1.29, 1.82) is 0 Å². The van der Waals surface area contributed by atoms with Crippen LogP contribution in [0.25, 0.3) is 22.0 Å². The Morgan fingerprint density at radius 3 is 2.02 bits per heavy atom. The Morgan fingerprint density at radius 1 is 0.843 bits per heavy atom. The van der Waals surface area contributed by atoms with Crippen molar-refractivity contribution in [3.63, 3.8) is 0 Å². The van der Waals surface area contributed by atoms with Crippen molar-refractivity contribution in [1.82, 2.24) is 9.88 Å². The maximum atomic E-state index is 8.56. The van der Waals surface area contributed by atoms with Crippen molar-refractivity contribution >= 4 is 16.5 Å². The van der Waals surface area contributed by atoms with Crippen molar-refractivity contribution in [2.24, 2.45) is 16.2 Å². The van der Waals surface area contributed by atoms with Gasteiger partial charge >= 0.3 is 20.1 Å². The second-order valence-corrected chi connectivity index (χ2v) is 16.7. The monoisotopic (exact) mass is 865 g/mol. The van der Waals surface area contributed by atoms with E-state index in [1.807, 2.05) is 78.5 Å². The fraction of sp³-hybridized carbons (Fsp3) is 0.467. The number of pyridine rings is 1. The predicted octanol–water partition coefficient (Wildman–Crippen LogP) is 10.5. The number of hydrogen-bond acceptors (Lipinski definition) is 5. The molecule has 5 nitrogen and oxygen atoms in total. The molecule has 1 spiro atoms. The SMILES string of the molecule is CC(O)CC(C)O.CC1(C)CC(C)(C)CC2(CCC(c3ccc4c(-c5[c-]cccc5)nccc4c3)CC2)C1.CN1C=CN(c2[c-]cccc2)[CH-]1.[Ir+3]. The molecule has 2 atom stereocenters. The van der Waals surface area contributed by atoms with Crippen molar-refractivity contribution in [3.05, 3.63) is 116 Å². The molecular weight excluding hydrogens is 807 g/mol. The van der Waals surface area contributed by atoms with Gasteiger partial charge in [-0.2, -0.15) is 37.0 Å². The molecule has 0 bridgehead atoms. The minimum Gasteiger partial charge on any atom is -0.510 e. The molecule has 274 valence electrons. The van der Waals surface area contributed by atoms with E-state index in [0.29, 0.717) is 28.6 Å². The Labute approximate surface area is 321 Å². The van der Waals surface area contributed by atoms with Crippen LogP contribution in [0.1, 0.15) is 104 Å². The average molecular weight is 865 g/mol. The summed E-state index contributed by atoms with van der Waals surface area (Å²) in [5, 5.41) is 19.7. The molecule has 0 radical (unpaired) electrons. The third kappa shape index (κ3) is 11.5. The van der Waals surface area contributed by atoms with Gasteiger partial charge in [0.15, 0.2) is 0 Å². The number of para-hydroxylation sites is 1. The van der Waals surface area contributed by atoms with E-state index < -0.39 is 0 Å². The number of hydrogen-bond donors (Lipinski definition) is 2. The maximum absolute atomic E-state index is 8.56. The third-order valence-electron chi connectivity index (χ3n) is 10.4. The van der Waals surface area contributed by atoms with Crippen LogP contribution in [0.3, 0.4) is 0 Å². The Bertz CT molecular complexity index is 1650. The fourth-order valence-corrected chi connectivity index (χ4v) is 9.27. The van der Waals surface area contributed by atoms with Crippen LogP contribution in [0.15, 0.2) is 91.4 Å². The molecule has 6 heteroatoms. The van der Waals surface area contributed by atoms with E-state index in [0.717, 1.165) is 16.9 Å². The molecule has 1 aromatic heterocycles. The van der Waals surface area contributed by atoms with Crippen LogP contribution in [0.5, 0.6) is 0 Å². The molecule has 3 aromatic carbocycles. The summed E-state index contributed by atoms with van der Waals surface area (Å²) in [6.07, 6.45) is 15.3. The normalized spacial score (nSPS) is 20.0. The van der Waals surface area contributed by atoms with Gasteiger partial charge in [0.1, 0.15) is 0 Å². The Balaban J connectivity index is 0.000000240. The zero-order valence-corrected chi connectivity index (χ0v) is 34.1.